The van der Waals surface area contributed by atoms with Crippen molar-refractivity contribution in [2.24, 2.45) is 52.1 Å². The molecule has 0 atom stereocenters. The minimum Gasteiger partial charge on any atom is -0.466 e. The summed E-state index contributed by atoms with van der Waals surface area (Å²) < 4.78 is 5.25. The van der Waals surface area contributed by atoms with Crippen molar-refractivity contribution in [1.29, 1.82) is 0 Å². The molecule has 15 heavy (non-hydrogen) atoms. The van der Waals surface area contributed by atoms with Crippen molar-refractivity contribution in [3.05, 3.63) is 0 Å². The number of carbonyl (C=O) groups excluding carboxylic acids is 1. The Morgan fingerprint density at radius 2 is 1.73 bits per heavy atom. The second-order valence-corrected chi connectivity index (χ2v) is 6.12. The predicted molar refractivity (Wildman–Crippen MR) is 51.5 cm³/mol. The lowest BCUT2D eigenvalue weighted by Gasteiger charge is -3.10. The Morgan fingerprint density at radius 1 is 1.20 bits per heavy atom. The van der Waals surface area contributed by atoms with Gasteiger partial charge in [-0.1, -0.05) is 0 Å². The Balaban J connectivity index is 1.51. The Hall–Kier alpha value is -0.570. The van der Waals surface area contributed by atoms with Gasteiger partial charge in [0.1, 0.15) is 0 Å². The zero-order valence-corrected chi connectivity index (χ0v) is 8.77. The van der Waals surface area contributed by atoms with E-state index in [4.69, 9.17) is 10.5 Å². The zero-order valence-electron chi connectivity index (χ0n) is 8.77. The van der Waals surface area contributed by atoms with Crippen LogP contribution < -0.4 is 5.73 Å². The van der Waals surface area contributed by atoms with E-state index < -0.39 is 0 Å². The molecule has 0 aromatic rings. The Kier molecular flexibility index (Phi) is 0.844. The summed E-state index contributed by atoms with van der Waals surface area (Å²) in [5.41, 5.74) is 6.46. The number of esters is 1. The fourth-order valence-electron chi connectivity index (χ4n) is 6.82. The maximum atomic E-state index is 12.0. The van der Waals surface area contributed by atoms with Gasteiger partial charge in [0.15, 0.2) is 0 Å². The molecule has 3 heteroatoms. The second kappa shape index (κ2) is 1.65. The molecule has 0 saturated heterocycles. The highest BCUT2D eigenvalue weighted by Gasteiger charge is 3.11. The van der Waals surface area contributed by atoms with Crippen molar-refractivity contribution in [3.63, 3.8) is 0 Å². The van der Waals surface area contributed by atoms with Gasteiger partial charge in [-0.3, -0.25) is 4.79 Å². The molecule has 6 aliphatic rings. The summed E-state index contributed by atoms with van der Waals surface area (Å²) in [7, 11) is 0. The Bertz CT molecular complexity index is 362. The molecule has 3 nitrogen and oxygen atoms in total. The SMILES string of the molecule is CCOC(=O)C12C3C4C1C1C2C3C41CN. The zero-order chi connectivity index (χ0) is 10.2. The highest BCUT2D eigenvalue weighted by Crippen LogP contribution is 3.10. The summed E-state index contributed by atoms with van der Waals surface area (Å²) in [6.45, 7) is 3.31. The number of nitrogens with two attached hydrogens (primary N) is 1. The lowest BCUT2D eigenvalue weighted by Crippen LogP contribution is -3.11. The van der Waals surface area contributed by atoms with Crippen molar-refractivity contribution in [1.82, 2.24) is 0 Å². The van der Waals surface area contributed by atoms with Crippen LogP contribution in [0.1, 0.15) is 6.92 Å². The average Bonchev–Trinajstić information content (AvgIpc) is 2.28. The van der Waals surface area contributed by atoms with E-state index in [1.807, 2.05) is 6.92 Å². The first-order valence-electron chi connectivity index (χ1n) is 6.15. The number of rotatable bonds is 3. The van der Waals surface area contributed by atoms with Crippen molar-refractivity contribution >= 4 is 5.97 Å². The molecule has 0 amide bonds. The van der Waals surface area contributed by atoms with Crippen LogP contribution in [-0.4, -0.2) is 19.1 Å². The molecular formula is C12H15NO2. The van der Waals surface area contributed by atoms with Gasteiger partial charge >= 0.3 is 5.97 Å². The molecule has 6 fully saturated rings. The van der Waals surface area contributed by atoms with E-state index in [9.17, 15) is 4.79 Å². The van der Waals surface area contributed by atoms with Gasteiger partial charge in [-0.15, -0.1) is 0 Å². The van der Waals surface area contributed by atoms with Crippen molar-refractivity contribution in [2.75, 3.05) is 13.2 Å². The summed E-state index contributed by atoms with van der Waals surface area (Å²) in [5, 5.41) is 0. The maximum Gasteiger partial charge on any atom is 0.312 e. The first-order valence-corrected chi connectivity index (χ1v) is 6.15. The lowest BCUT2D eigenvalue weighted by atomic mass is 8.92. The summed E-state index contributed by atoms with van der Waals surface area (Å²) >= 11 is 0. The van der Waals surface area contributed by atoms with Gasteiger partial charge in [0, 0.05) is 0 Å². The van der Waals surface area contributed by atoms with Gasteiger partial charge in [0.2, 0.25) is 0 Å². The molecule has 0 heterocycles. The molecule has 0 bridgehead atoms. The van der Waals surface area contributed by atoms with Crippen molar-refractivity contribution in [2.45, 2.75) is 6.92 Å². The van der Waals surface area contributed by atoms with E-state index >= 15 is 0 Å². The monoisotopic (exact) mass is 205 g/mol. The van der Waals surface area contributed by atoms with Crippen LogP contribution in [0.4, 0.5) is 0 Å². The second-order valence-electron chi connectivity index (χ2n) is 6.12. The maximum absolute atomic E-state index is 12.0. The number of carbonyl (C=O) groups is 1. The number of ether oxygens (including phenoxy) is 1. The van der Waals surface area contributed by atoms with E-state index in [0.717, 1.165) is 24.3 Å². The van der Waals surface area contributed by atoms with Crippen LogP contribution in [0.15, 0.2) is 0 Å². The average molecular weight is 205 g/mol. The largest absolute Gasteiger partial charge is 0.466 e. The summed E-state index contributed by atoms with van der Waals surface area (Å²) in [4.78, 5) is 12.0. The first kappa shape index (κ1) is 7.66. The fourth-order valence-corrected chi connectivity index (χ4v) is 6.82. The lowest BCUT2D eigenvalue weighted by molar-refractivity contribution is -0.640. The van der Waals surface area contributed by atoms with Crippen molar-refractivity contribution in [3.8, 4) is 0 Å². The van der Waals surface area contributed by atoms with Gasteiger partial charge in [-0.05, 0) is 54.4 Å². The molecule has 0 unspecified atom stereocenters. The third-order valence-electron chi connectivity index (χ3n) is 6.82. The van der Waals surface area contributed by atoms with E-state index in [1.54, 1.807) is 0 Å². The van der Waals surface area contributed by atoms with Crippen LogP contribution in [0.3, 0.4) is 0 Å². The molecule has 80 valence electrons. The molecule has 6 aliphatic carbocycles. The molecule has 2 N–H and O–H groups in total. The first-order chi connectivity index (χ1) is 7.27. The molecule has 0 aromatic heterocycles. The Labute approximate surface area is 88.3 Å². The molecular weight excluding hydrogens is 190 g/mol. The van der Waals surface area contributed by atoms with Crippen LogP contribution >= 0.6 is 0 Å². The predicted octanol–water partition coefficient (Wildman–Crippen LogP) is 0.246. The number of hydrogen-bond donors (Lipinski definition) is 1. The Morgan fingerprint density at radius 3 is 2.13 bits per heavy atom. The summed E-state index contributed by atoms with van der Waals surface area (Å²) in [5.74, 6) is 4.69. The highest BCUT2D eigenvalue weighted by molar-refractivity contribution is 5.88. The quantitative estimate of drug-likeness (QED) is 0.672. The van der Waals surface area contributed by atoms with Gasteiger partial charge < -0.3 is 10.5 Å². The molecule has 0 radical (unpaired) electrons. The summed E-state index contributed by atoms with van der Waals surface area (Å²) in [6, 6.07) is 0. The van der Waals surface area contributed by atoms with E-state index in [0.29, 0.717) is 29.8 Å². The van der Waals surface area contributed by atoms with E-state index in [2.05, 4.69) is 0 Å². The standard InChI is InChI=1S/C12H15NO2/c1-2-15-10(14)12-7-4-8(12)6-9(12)5(7)11(4,6)3-13/h4-9H,2-3,13H2,1H3. The minimum atomic E-state index is 0.0347. The van der Waals surface area contributed by atoms with E-state index in [-0.39, 0.29) is 11.4 Å². The van der Waals surface area contributed by atoms with Crippen LogP contribution in [0.5, 0.6) is 0 Å². The van der Waals surface area contributed by atoms with Crippen molar-refractivity contribution < 1.29 is 9.53 Å². The van der Waals surface area contributed by atoms with Gasteiger partial charge in [0.25, 0.3) is 0 Å². The topological polar surface area (TPSA) is 52.3 Å². The molecule has 0 aliphatic heterocycles. The summed E-state index contributed by atoms with van der Waals surface area (Å²) in [6.07, 6.45) is 0. The van der Waals surface area contributed by atoms with Crippen LogP contribution in [-0.2, 0) is 9.53 Å². The van der Waals surface area contributed by atoms with Crippen LogP contribution in [0.25, 0.3) is 0 Å². The fraction of sp³-hybridized carbons (Fsp3) is 0.917. The molecule has 6 saturated carbocycles. The molecule has 0 aromatic carbocycles. The van der Waals surface area contributed by atoms with Gasteiger partial charge in [-0.2, -0.15) is 0 Å². The van der Waals surface area contributed by atoms with Crippen LogP contribution in [0.2, 0.25) is 0 Å². The molecule has 6 rings (SSSR count). The third kappa shape index (κ3) is 0.344. The highest BCUT2D eigenvalue weighted by atomic mass is 16.5. The van der Waals surface area contributed by atoms with Gasteiger partial charge in [0.05, 0.1) is 12.0 Å². The minimum absolute atomic E-state index is 0.0347. The third-order valence-corrected chi connectivity index (χ3v) is 6.82. The molecule has 0 spiro atoms. The van der Waals surface area contributed by atoms with Gasteiger partial charge in [-0.25, -0.2) is 0 Å². The smallest absolute Gasteiger partial charge is 0.312 e. The van der Waals surface area contributed by atoms with Crippen LogP contribution in [0, 0.1) is 46.3 Å². The number of hydrogen-bond acceptors (Lipinski definition) is 3. The van der Waals surface area contributed by atoms with E-state index in [1.165, 1.54) is 0 Å². The normalized spacial score (nSPS) is 72.7.